The van der Waals surface area contributed by atoms with Gasteiger partial charge in [-0.15, -0.1) is 11.3 Å². The fraction of sp³-hybridized carbons (Fsp3) is 0.174. The van der Waals surface area contributed by atoms with Gasteiger partial charge in [-0.05, 0) is 48.4 Å². The number of fused-ring (bicyclic) bond motifs is 3. The van der Waals surface area contributed by atoms with Gasteiger partial charge in [0, 0.05) is 15.8 Å². The number of benzene rings is 2. The van der Waals surface area contributed by atoms with Crippen LogP contribution in [0, 0.1) is 0 Å². The molecule has 25 heavy (non-hydrogen) atoms. The molecule has 1 nitrogen and oxygen atoms in total. The first kappa shape index (κ1) is 14.9. The van der Waals surface area contributed by atoms with E-state index in [9.17, 15) is 0 Å². The van der Waals surface area contributed by atoms with Crippen molar-refractivity contribution in [1.29, 1.82) is 0 Å². The average molecular weight is 341 g/mol. The minimum absolute atomic E-state index is 1.07. The summed E-state index contributed by atoms with van der Waals surface area (Å²) in [4.78, 5) is 7.81. The highest BCUT2D eigenvalue weighted by atomic mass is 32.1. The maximum Gasteiger partial charge on any atom is 0.125 e. The van der Waals surface area contributed by atoms with Crippen molar-refractivity contribution in [3.63, 3.8) is 0 Å². The van der Waals surface area contributed by atoms with E-state index in [1.165, 1.54) is 52.6 Å². The molecular weight excluding hydrogens is 322 g/mol. The van der Waals surface area contributed by atoms with Gasteiger partial charge in [-0.1, -0.05) is 60.7 Å². The zero-order chi connectivity index (χ0) is 16.6. The van der Waals surface area contributed by atoms with Gasteiger partial charge in [-0.3, -0.25) is 0 Å². The Kier molecular flexibility index (Phi) is 3.64. The fourth-order valence-electron chi connectivity index (χ4n) is 3.86. The van der Waals surface area contributed by atoms with E-state index in [-0.39, 0.29) is 0 Å². The molecule has 1 aliphatic rings. The fourth-order valence-corrected chi connectivity index (χ4v) is 5.15. The number of pyridine rings is 1. The zero-order valence-corrected chi connectivity index (χ0v) is 14.9. The molecule has 0 atom stereocenters. The van der Waals surface area contributed by atoms with Crippen molar-refractivity contribution >= 4 is 21.6 Å². The third kappa shape index (κ3) is 2.58. The molecule has 0 unspecified atom stereocenters. The van der Waals surface area contributed by atoms with Crippen LogP contribution in [0.4, 0.5) is 0 Å². The lowest BCUT2D eigenvalue weighted by molar-refractivity contribution is 0.700. The van der Waals surface area contributed by atoms with Gasteiger partial charge < -0.3 is 0 Å². The lowest BCUT2D eigenvalue weighted by Gasteiger charge is -2.13. The summed E-state index contributed by atoms with van der Waals surface area (Å²) in [6, 6.07) is 23.6. The van der Waals surface area contributed by atoms with Crippen LogP contribution in [-0.4, -0.2) is 4.98 Å². The first-order chi connectivity index (χ1) is 12.4. The van der Waals surface area contributed by atoms with Gasteiger partial charge in [0.25, 0.3) is 0 Å². The lowest BCUT2D eigenvalue weighted by atomic mass is 9.92. The Labute approximate surface area is 152 Å². The van der Waals surface area contributed by atoms with Crippen molar-refractivity contribution in [1.82, 2.24) is 4.98 Å². The van der Waals surface area contributed by atoms with E-state index < -0.39 is 0 Å². The van der Waals surface area contributed by atoms with Crippen LogP contribution in [0.15, 0.2) is 66.7 Å². The van der Waals surface area contributed by atoms with Crippen LogP contribution in [0.1, 0.15) is 23.3 Å². The zero-order valence-electron chi connectivity index (χ0n) is 14.0. The first-order valence-corrected chi connectivity index (χ1v) is 9.78. The molecule has 0 saturated heterocycles. The van der Waals surface area contributed by atoms with Crippen molar-refractivity contribution in [2.45, 2.75) is 25.7 Å². The molecular formula is C23H19NS. The van der Waals surface area contributed by atoms with E-state index in [1.807, 2.05) is 11.3 Å². The summed E-state index contributed by atoms with van der Waals surface area (Å²) in [7, 11) is 0. The van der Waals surface area contributed by atoms with Crippen molar-refractivity contribution in [3.8, 4) is 22.4 Å². The maximum atomic E-state index is 5.06. The lowest BCUT2D eigenvalue weighted by Crippen LogP contribution is -1.98. The number of hydrogen-bond acceptors (Lipinski definition) is 2. The number of thiophene rings is 1. The smallest absolute Gasteiger partial charge is 0.125 e. The molecule has 0 saturated carbocycles. The third-order valence-corrected chi connectivity index (χ3v) is 6.27. The number of nitrogens with zero attached hydrogens (tertiary/aromatic N) is 1. The molecule has 5 rings (SSSR count). The normalized spacial score (nSPS) is 13.8. The third-order valence-electron chi connectivity index (χ3n) is 5.08. The number of rotatable bonds is 2. The molecule has 2 aromatic heterocycles. The molecule has 0 aliphatic heterocycles. The maximum absolute atomic E-state index is 5.06. The molecule has 122 valence electrons. The second-order valence-corrected chi connectivity index (χ2v) is 7.76. The van der Waals surface area contributed by atoms with Gasteiger partial charge in [0.15, 0.2) is 0 Å². The van der Waals surface area contributed by atoms with E-state index in [1.54, 1.807) is 10.4 Å². The predicted molar refractivity (Wildman–Crippen MR) is 107 cm³/mol. The Morgan fingerprint density at radius 1 is 0.760 bits per heavy atom. The van der Waals surface area contributed by atoms with Crippen LogP contribution in [0.2, 0.25) is 0 Å². The van der Waals surface area contributed by atoms with Crippen LogP contribution in [-0.2, 0) is 12.8 Å². The van der Waals surface area contributed by atoms with Crippen LogP contribution in [0.25, 0.3) is 32.6 Å². The monoisotopic (exact) mass is 341 g/mol. The molecule has 2 heterocycles. The molecule has 0 spiro atoms. The van der Waals surface area contributed by atoms with Crippen molar-refractivity contribution in [3.05, 3.63) is 77.2 Å². The van der Waals surface area contributed by atoms with E-state index >= 15 is 0 Å². The Balaban J connectivity index is 1.83. The molecule has 0 amide bonds. The summed E-state index contributed by atoms with van der Waals surface area (Å²) < 4.78 is 0. The molecule has 4 aromatic rings. The minimum Gasteiger partial charge on any atom is -0.237 e. The first-order valence-electron chi connectivity index (χ1n) is 8.96. The molecule has 2 aromatic carbocycles. The SMILES string of the molecule is c1ccc(-c2cc(-c3ccccc3)c3c4c(sc3n2)CCCC4)cc1. The molecule has 0 N–H and O–H groups in total. The summed E-state index contributed by atoms with van der Waals surface area (Å²) in [5, 5.41) is 1.39. The van der Waals surface area contributed by atoms with Gasteiger partial charge in [0.05, 0.1) is 5.69 Å². The number of hydrogen-bond donors (Lipinski definition) is 0. The van der Waals surface area contributed by atoms with Gasteiger partial charge in [-0.25, -0.2) is 4.98 Å². The topological polar surface area (TPSA) is 12.9 Å². The molecule has 2 heteroatoms. The summed E-state index contributed by atoms with van der Waals surface area (Å²) in [6.45, 7) is 0. The van der Waals surface area contributed by atoms with E-state index in [4.69, 9.17) is 4.98 Å². The highest BCUT2D eigenvalue weighted by Crippen LogP contribution is 2.42. The Morgan fingerprint density at radius 3 is 2.20 bits per heavy atom. The van der Waals surface area contributed by atoms with Crippen LogP contribution in [0.3, 0.4) is 0 Å². The van der Waals surface area contributed by atoms with Crippen molar-refractivity contribution in [2.24, 2.45) is 0 Å². The second-order valence-electron chi connectivity index (χ2n) is 6.68. The van der Waals surface area contributed by atoms with E-state index in [2.05, 4.69) is 66.7 Å². The molecule has 0 fully saturated rings. The van der Waals surface area contributed by atoms with Gasteiger partial charge >= 0.3 is 0 Å². The standard InChI is InChI=1S/C23H19NS/c1-3-9-16(10-4-1)19-15-20(17-11-5-2-6-12-17)24-23-22(19)18-13-7-8-14-21(18)25-23/h1-6,9-12,15H,7-8,13-14H2. The predicted octanol–water partition coefficient (Wildman–Crippen LogP) is 6.51. The van der Waals surface area contributed by atoms with Crippen LogP contribution >= 0.6 is 11.3 Å². The van der Waals surface area contributed by atoms with Gasteiger partial charge in [0.2, 0.25) is 0 Å². The summed E-state index contributed by atoms with van der Waals surface area (Å²) >= 11 is 1.91. The summed E-state index contributed by atoms with van der Waals surface area (Å²) in [6.07, 6.45) is 5.02. The van der Waals surface area contributed by atoms with Gasteiger partial charge in [-0.2, -0.15) is 0 Å². The average Bonchev–Trinajstić information content (AvgIpc) is 3.07. The molecule has 0 bridgehead atoms. The van der Waals surface area contributed by atoms with E-state index in [0.717, 1.165) is 5.69 Å². The van der Waals surface area contributed by atoms with Crippen LogP contribution in [0.5, 0.6) is 0 Å². The van der Waals surface area contributed by atoms with Crippen molar-refractivity contribution < 1.29 is 0 Å². The van der Waals surface area contributed by atoms with E-state index in [0.29, 0.717) is 0 Å². The summed E-state index contributed by atoms with van der Waals surface area (Å²) in [5.41, 5.74) is 6.44. The van der Waals surface area contributed by atoms with Crippen LogP contribution < -0.4 is 0 Å². The Bertz CT molecular complexity index is 1030. The quantitative estimate of drug-likeness (QED) is 0.405. The van der Waals surface area contributed by atoms with Crippen molar-refractivity contribution in [2.75, 3.05) is 0 Å². The second kappa shape index (κ2) is 6.12. The number of aryl methyl sites for hydroxylation is 2. The molecule has 0 radical (unpaired) electrons. The van der Waals surface area contributed by atoms with Gasteiger partial charge in [0.1, 0.15) is 4.83 Å². The number of aromatic nitrogens is 1. The minimum atomic E-state index is 1.07. The highest BCUT2D eigenvalue weighted by molar-refractivity contribution is 7.19. The summed E-state index contributed by atoms with van der Waals surface area (Å²) in [5.74, 6) is 0. The Hall–Kier alpha value is -2.45. The largest absolute Gasteiger partial charge is 0.237 e. The molecule has 1 aliphatic carbocycles. The highest BCUT2D eigenvalue weighted by Gasteiger charge is 2.21. The Morgan fingerprint density at radius 2 is 1.44 bits per heavy atom.